The highest BCUT2D eigenvalue weighted by atomic mass is 35.5. The second kappa shape index (κ2) is 12.2. The number of sulfonamides is 1. The molecule has 6 rings (SSSR count). The molecule has 2 aliphatic heterocycles. The van der Waals surface area contributed by atoms with E-state index < -0.39 is 56.2 Å². The van der Waals surface area contributed by atoms with E-state index in [2.05, 4.69) is 5.32 Å². The van der Waals surface area contributed by atoms with Crippen molar-refractivity contribution in [2.45, 2.75) is 27.6 Å². The van der Waals surface area contributed by atoms with Crippen LogP contribution in [0, 0.1) is 5.92 Å². The second-order valence-corrected chi connectivity index (χ2v) is 14.5. The number of aromatic nitrogens is 1. The number of anilines is 2. The number of methoxy groups -OCH3 is 2. The Morgan fingerprint density at radius 2 is 1.63 bits per heavy atom. The van der Waals surface area contributed by atoms with Crippen LogP contribution in [0.4, 0.5) is 11.4 Å². The Balaban J connectivity index is 1.40. The predicted octanol–water partition coefficient (Wildman–Crippen LogP) is 3.66. The lowest BCUT2D eigenvalue weighted by atomic mass is 9.83. The number of thioether (sulfide) groups is 1. The number of nitrogens with one attached hydrogen (secondary N) is 1. The van der Waals surface area contributed by atoms with Gasteiger partial charge in [-0.15, -0.1) is 0 Å². The number of benzene rings is 3. The van der Waals surface area contributed by atoms with Gasteiger partial charge in [-0.1, -0.05) is 40.8 Å². The van der Waals surface area contributed by atoms with Crippen LogP contribution in [0.15, 0.2) is 81.4 Å². The van der Waals surface area contributed by atoms with Crippen LogP contribution in [0.5, 0.6) is 11.5 Å². The Kier molecular flexibility index (Phi) is 8.45. The molecular weight excluding hydrogens is 676 g/mol. The molecule has 0 aliphatic carbocycles. The number of fused-ring (bicyclic) bond motifs is 2. The van der Waals surface area contributed by atoms with Gasteiger partial charge >= 0.3 is 4.87 Å². The lowest BCUT2D eigenvalue weighted by Crippen LogP contribution is -2.33. The molecule has 16 heteroatoms. The van der Waals surface area contributed by atoms with Gasteiger partial charge in [0.05, 0.1) is 35.7 Å². The molecule has 4 aromatic rings. The molecule has 1 fully saturated rings. The molecule has 3 aromatic carbocycles. The van der Waals surface area contributed by atoms with Crippen LogP contribution in [0.3, 0.4) is 0 Å². The minimum Gasteiger partial charge on any atom is -0.493 e. The lowest BCUT2D eigenvalue weighted by Gasteiger charge is -2.31. The number of nitrogens with zero attached hydrogens (tertiary/aromatic N) is 2. The first-order chi connectivity index (χ1) is 21.9. The summed E-state index contributed by atoms with van der Waals surface area (Å²) in [6, 6.07) is 16.8. The van der Waals surface area contributed by atoms with Crippen molar-refractivity contribution in [1.29, 1.82) is 0 Å². The summed E-state index contributed by atoms with van der Waals surface area (Å²) in [5.74, 6) is -2.16. The van der Waals surface area contributed by atoms with Crippen molar-refractivity contribution in [1.82, 2.24) is 4.57 Å². The molecule has 0 bridgehead atoms. The number of halogens is 1. The van der Waals surface area contributed by atoms with Crippen molar-refractivity contribution in [3.05, 3.63) is 91.9 Å². The van der Waals surface area contributed by atoms with Crippen molar-refractivity contribution in [3.63, 3.8) is 0 Å². The minimum absolute atomic E-state index is 0.121. The van der Waals surface area contributed by atoms with Gasteiger partial charge in [0.1, 0.15) is 11.8 Å². The topological polar surface area (TPSA) is 167 Å². The lowest BCUT2D eigenvalue weighted by molar-refractivity contribution is -0.122. The number of primary sulfonamides is 1. The summed E-state index contributed by atoms with van der Waals surface area (Å²) < 4.78 is 35.3. The number of hydrogen-bond acceptors (Lipinski definition) is 10. The average molecular weight is 701 g/mol. The van der Waals surface area contributed by atoms with Gasteiger partial charge in [-0.2, -0.15) is 0 Å². The fourth-order valence-corrected chi connectivity index (χ4v) is 8.99. The number of thiazole rings is 1. The minimum atomic E-state index is -3.92. The number of carbonyl (C=O) groups is 3. The molecule has 46 heavy (non-hydrogen) atoms. The normalized spacial score (nSPS) is 19.0. The van der Waals surface area contributed by atoms with E-state index in [1.807, 2.05) is 0 Å². The van der Waals surface area contributed by atoms with E-state index in [0.29, 0.717) is 43.4 Å². The van der Waals surface area contributed by atoms with Gasteiger partial charge in [0, 0.05) is 21.5 Å². The molecule has 3 amide bonds. The van der Waals surface area contributed by atoms with Crippen molar-refractivity contribution in [3.8, 4) is 11.5 Å². The highest BCUT2D eigenvalue weighted by Gasteiger charge is 2.57. The molecule has 3 heterocycles. The van der Waals surface area contributed by atoms with Crippen LogP contribution < -0.4 is 29.7 Å². The number of rotatable bonds is 8. The van der Waals surface area contributed by atoms with Gasteiger partial charge in [-0.3, -0.25) is 23.7 Å². The van der Waals surface area contributed by atoms with Gasteiger partial charge in [0.25, 0.3) is 0 Å². The monoisotopic (exact) mass is 700 g/mol. The molecule has 238 valence electrons. The first-order valence-corrected chi connectivity index (χ1v) is 17.2. The number of hydrogen-bond donors (Lipinski definition) is 2. The molecule has 1 aromatic heterocycles. The average Bonchev–Trinajstić information content (AvgIpc) is 3.47. The standard InChI is InChI=1S/C30H25ClN4O8S3/c1-42-20-12-3-15(13-21(20)43-2)23-24-25(28(38)35(27(24)37)18-8-4-16(31)5-9-18)44-29-26(23)45-30(39)34(29)14-22(36)33-17-6-10-19(11-7-17)46(32,40)41/h3-13,23-25H,14H2,1-2H3,(H,33,36)(H2,32,40,41)/t23-,24-,25+/m0/s1. The molecule has 2 aliphatic rings. The summed E-state index contributed by atoms with van der Waals surface area (Å²) in [6.45, 7) is -0.395. The number of amides is 3. The SMILES string of the molecule is COc1ccc([C@@H]2c3sc(=O)n(CC(=O)Nc4ccc(S(N)(=O)=O)cc4)c3S[C@H]3C(=O)N(c4ccc(Cl)cc4)C(=O)[C@@H]23)cc1OC. The van der Waals surface area contributed by atoms with E-state index in [0.717, 1.165) is 28.0 Å². The third-order valence-corrected chi connectivity index (χ3v) is 11.5. The number of ether oxygens (including phenoxy) is 2. The van der Waals surface area contributed by atoms with Crippen molar-refractivity contribution < 1.29 is 32.3 Å². The van der Waals surface area contributed by atoms with Crippen LogP contribution in [-0.2, 0) is 31.0 Å². The van der Waals surface area contributed by atoms with E-state index >= 15 is 0 Å². The maximum absolute atomic E-state index is 14.1. The summed E-state index contributed by atoms with van der Waals surface area (Å²) in [6.07, 6.45) is 0. The summed E-state index contributed by atoms with van der Waals surface area (Å²) in [7, 11) is -0.938. The largest absolute Gasteiger partial charge is 0.493 e. The Morgan fingerprint density at radius 3 is 2.26 bits per heavy atom. The zero-order chi connectivity index (χ0) is 32.9. The smallest absolute Gasteiger partial charge is 0.308 e. The van der Waals surface area contributed by atoms with Crippen LogP contribution >= 0.6 is 34.7 Å². The molecular formula is C30H25ClN4O8S3. The van der Waals surface area contributed by atoms with E-state index in [-0.39, 0.29) is 4.90 Å². The van der Waals surface area contributed by atoms with Crippen LogP contribution in [0.25, 0.3) is 0 Å². The molecule has 0 unspecified atom stereocenters. The van der Waals surface area contributed by atoms with Crippen LogP contribution in [0.2, 0.25) is 5.02 Å². The summed E-state index contributed by atoms with van der Waals surface area (Å²) in [5.41, 5.74) is 1.29. The fraction of sp³-hybridized carbons (Fsp3) is 0.200. The third kappa shape index (κ3) is 5.69. The zero-order valence-electron chi connectivity index (χ0n) is 24.1. The van der Waals surface area contributed by atoms with E-state index in [1.165, 1.54) is 43.1 Å². The zero-order valence-corrected chi connectivity index (χ0v) is 27.3. The first-order valence-electron chi connectivity index (χ1n) is 13.6. The van der Waals surface area contributed by atoms with Gasteiger partial charge in [0.15, 0.2) is 11.5 Å². The quantitative estimate of drug-likeness (QED) is 0.261. The van der Waals surface area contributed by atoms with Gasteiger partial charge in [-0.05, 0) is 66.2 Å². The maximum atomic E-state index is 14.1. The second-order valence-electron chi connectivity index (χ2n) is 10.4. The summed E-state index contributed by atoms with van der Waals surface area (Å²) >= 11 is 8.04. The van der Waals surface area contributed by atoms with E-state index in [1.54, 1.807) is 42.5 Å². The van der Waals surface area contributed by atoms with Gasteiger partial charge in [0.2, 0.25) is 27.7 Å². The van der Waals surface area contributed by atoms with Crippen molar-refractivity contribution in [2.75, 3.05) is 24.4 Å². The highest BCUT2D eigenvalue weighted by molar-refractivity contribution is 8.00. The van der Waals surface area contributed by atoms with E-state index in [9.17, 15) is 27.6 Å². The molecule has 0 radical (unpaired) electrons. The maximum Gasteiger partial charge on any atom is 0.308 e. The fourth-order valence-electron chi connectivity index (χ4n) is 5.58. The number of imide groups is 1. The Labute approximate surface area is 276 Å². The summed E-state index contributed by atoms with van der Waals surface area (Å²) in [4.78, 5) is 55.6. The highest BCUT2D eigenvalue weighted by Crippen LogP contribution is 2.54. The molecule has 3 atom stereocenters. The molecule has 12 nitrogen and oxygen atoms in total. The Bertz CT molecular complexity index is 2050. The Hall–Kier alpha value is -4.15. The molecule has 0 saturated carbocycles. The number of carbonyl (C=O) groups excluding carboxylic acids is 3. The third-order valence-electron chi connectivity index (χ3n) is 7.67. The Morgan fingerprint density at radius 1 is 0.957 bits per heavy atom. The van der Waals surface area contributed by atoms with Crippen molar-refractivity contribution >= 4 is 73.8 Å². The summed E-state index contributed by atoms with van der Waals surface area (Å²) in [5, 5.41) is 7.74. The van der Waals surface area contributed by atoms with Gasteiger partial charge < -0.3 is 14.8 Å². The van der Waals surface area contributed by atoms with E-state index in [4.69, 9.17) is 26.2 Å². The van der Waals surface area contributed by atoms with Gasteiger partial charge in [-0.25, -0.2) is 18.5 Å². The predicted molar refractivity (Wildman–Crippen MR) is 173 cm³/mol. The first kappa shape index (κ1) is 31.8. The number of nitrogens with two attached hydrogens (primary N) is 1. The van der Waals surface area contributed by atoms with Crippen molar-refractivity contribution in [2.24, 2.45) is 11.1 Å². The van der Waals surface area contributed by atoms with Crippen LogP contribution in [0.1, 0.15) is 16.4 Å². The molecule has 3 N–H and O–H groups in total. The molecule has 0 spiro atoms. The molecule has 1 saturated heterocycles. The van der Waals surface area contributed by atoms with Crippen LogP contribution in [-0.4, -0.2) is 50.2 Å².